The Balaban J connectivity index is 2.41. The normalized spacial score (nSPS) is 10.8. The molecule has 2 aromatic heterocycles. The van der Waals surface area contributed by atoms with Crippen molar-refractivity contribution in [3.05, 3.63) is 22.4 Å². The van der Waals surface area contributed by atoms with Gasteiger partial charge in [-0.05, 0) is 41.8 Å². The minimum absolute atomic E-state index is 0.718. The van der Waals surface area contributed by atoms with E-state index in [9.17, 15) is 0 Å². The zero-order chi connectivity index (χ0) is 14.5. The molecule has 0 unspecified atom stereocenters. The number of aryl methyl sites for hydroxylation is 2. The molecule has 0 saturated carbocycles. The summed E-state index contributed by atoms with van der Waals surface area (Å²) in [6, 6.07) is 1.96. The molecule has 108 valence electrons. The lowest BCUT2D eigenvalue weighted by molar-refractivity contribution is 0.606. The monoisotopic (exact) mass is 337 g/mol. The van der Waals surface area contributed by atoms with Gasteiger partial charge in [-0.3, -0.25) is 4.68 Å². The van der Waals surface area contributed by atoms with E-state index in [1.165, 1.54) is 0 Å². The van der Waals surface area contributed by atoms with Crippen molar-refractivity contribution >= 4 is 21.7 Å². The second kappa shape index (κ2) is 6.83. The van der Waals surface area contributed by atoms with Crippen LogP contribution >= 0.6 is 15.9 Å². The summed E-state index contributed by atoms with van der Waals surface area (Å²) in [6.45, 7) is 8.01. The number of rotatable bonds is 6. The zero-order valence-corrected chi connectivity index (χ0v) is 13.7. The van der Waals surface area contributed by atoms with Crippen LogP contribution in [-0.2, 0) is 6.54 Å². The third kappa shape index (κ3) is 3.17. The van der Waals surface area contributed by atoms with E-state index in [0.717, 1.165) is 53.4 Å². The van der Waals surface area contributed by atoms with Crippen LogP contribution in [0.3, 0.4) is 0 Å². The third-order valence-corrected chi connectivity index (χ3v) is 3.89. The molecule has 2 rings (SSSR count). The second-order valence-corrected chi connectivity index (χ2v) is 5.45. The van der Waals surface area contributed by atoms with Gasteiger partial charge in [-0.15, -0.1) is 0 Å². The lowest BCUT2D eigenvalue weighted by atomic mass is 10.3. The van der Waals surface area contributed by atoms with Gasteiger partial charge in [0.25, 0.3) is 0 Å². The molecule has 0 spiro atoms. The van der Waals surface area contributed by atoms with Crippen LogP contribution in [0.1, 0.15) is 32.4 Å². The van der Waals surface area contributed by atoms with Crippen molar-refractivity contribution < 1.29 is 0 Å². The first-order chi connectivity index (χ1) is 9.67. The van der Waals surface area contributed by atoms with Gasteiger partial charge in [-0.1, -0.05) is 13.8 Å². The van der Waals surface area contributed by atoms with Gasteiger partial charge in [0.05, 0.1) is 10.2 Å². The van der Waals surface area contributed by atoms with Crippen LogP contribution in [0, 0.1) is 6.92 Å². The van der Waals surface area contributed by atoms with Gasteiger partial charge in [-0.2, -0.15) is 5.10 Å². The zero-order valence-electron chi connectivity index (χ0n) is 12.1. The lowest BCUT2D eigenvalue weighted by Gasteiger charge is -2.11. The number of aromatic nitrogens is 4. The molecule has 0 aliphatic heterocycles. The molecule has 0 fully saturated rings. The van der Waals surface area contributed by atoms with E-state index in [1.807, 2.05) is 17.7 Å². The van der Waals surface area contributed by atoms with Crippen LogP contribution in [0.15, 0.2) is 16.7 Å². The fourth-order valence-corrected chi connectivity index (χ4v) is 2.26. The van der Waals surface area contributed by atoms with E-state index in [4.69, 9.17) is 0 Å². The number of hydrogen-bond donors (Lipinski definition) is 1. The number of nitrogens with one attached hydrogen (secondary N) is 1. The van der Waals surface area contributed by atoms with Crippen molar-refractivity contribution in [1.82, 2.24) is 19.7 Å². The van der Waals surface area contributed by atoms with Gasteiger partial charge >= 0.3 is 0 Å². The Labute approximate surface area is 128 Å². The standard InChI is InChI=1S/C14H20BrN5/c1-4-7-16-14-12(15)10(3)18-13(19-14)11-6-8-17-20(11)9-5-2/h6,8H,4-5,7,9H2,1-3H3,(H,16,18,19). The molecule has 0 saturated heterocycles. The quantitative estimate of drug-likeness (QED) is 0.874. The van der Waals surface area contributed by atoms with E-state index < -0.39 is 0 Å². The topological polar surface area (TPSA) is 55.6 Å². The van der Waals surface area contributed by atoms with Crippen molar-refractivity contribution in [3.8, 4) is 11.5 Å². The lowest BCUT2D eigenvalue weighted by Crippen LogP contribution is -2.08. The highest BCUT2D eigenvalue weighted by atomic mass is 79.9. The predicted octanol–water partition coefficient (Wildman–Crippen LogP) is 3.64. The Kier molecular flexibility index (Phi) is 5.11. The molecule has 6 heteroatoms. The molecular formula is C14H20BrN5. The molecule has 2 aromatic rings. The van der Waals surface area contributed by atoms with E-state index in [1.54, 1.807) is 6.20 Å². The average molecular weight is 338 g/mol. The van der Waals surface area contributed by atoms with Gasteiger partial charge in [0.2, 0.25) is 0 Å². The maximum absolute atomic E-state index is 4.63. The fourth-order valence-electron chi connectivity index (χ4n) is 1.95. The summed E-state index contributed by atoms with van der Waals surface area (Å²) in [6.07, 6.45) is 3.88. The molecule has 5 nitrogen and oxygen atoms in total. The maximum atomic E-state index is 4.63. The minimum Gasteiger partial charge on any atom is -0.369 e. The Morgan fingerprint density at radius 2 is 2.05 bits per heavy atom. The summed E-state index contributed by atoms with van der Waals surface area (Å²) in [5.74, 6) is 1.56. The Bertz CT molecular complexity index is 579. The van der Waals surface area contributed by atoms with Gasteiger partial charge < -0.3 is 5.32 Å². The van der Waals surface area contributed by atoms with Crippen molar-refractivity contribution in [2.75, 3.05) is 11.9 Å². The average Bonchev–Trinajstić information content (AvgIpc) is 2.89. The van der Waals surface area contributed by atoms with E-state index >= 15 is 0 Å². The first kappa shape index (κ1) is 15.0. The second-order valence-electron chi connectivity index (χ2n) is 4.66. The summed E-state index contributed by atoms with van der Waals surface area (Å²) in [4.78, 5) is 9.19. The predicted molar refractivity (Wildman–Crippen MR) is 84.8 cm³/mol. The molecule has 0 aliphatic rings. The van der Waals surface area contributed by atoms with E-state index in [2.05, 4.69) is 50.2 Å². The van der Waals surface area contributed by atoms with Crippen molar-refractivity contribution in [2.45, 2.75) is 40.2 Å². The van der Waals surface area contributed by atoms with Crippen LogP contribution in [0.25, 0.3) is 11.5 Å². The van der Waals surface area contributed by atoms with Crippen molar-refractivity contribution in [2.24, 2.45) is 0 Å². The molecule has 0 bridgehead atoms. The SMILES string of the molecule is CCCNc1nc(-c2ccnn2CCC)nc(C)c1Br. The van der Waals surface area contributed by atoms with Crippen LogP contribution in [0.4, 0.5) is 5.82 Å². The van der Waals surface area contributed by atoms with Crippen molar-refractivity contribution in [3.63, 3.8) is 0 Å². The summed E-state index contributed by atoms with van der Waals surface area (Å²) in [7, 11) is 0. The first-order valence-corrected chi connectivity index (χ1v) is 7.76. The molecule has 1 N–H and O–H groups in total. The highest BCUT2D eigenvalue weighted by Gasteiger charge is 2.13. The highest BCUT2D eigenvalue weighted by Crippen LogP contribution is 2.26. The summed E-state index contributed by atoms with van der Waals surface area (Å²) in [5, 5.41) is 7.66. The number of anilines is 1. The van der Waals surface area contributed by atoms with Gasteiger partial charge in [-0.25, -0.2) is 9.97 Å². The van der Waals surface area contributed by atoms with Crippen molar-refractivity contribution in [1.29, 1.82) is 0 Å². The largest absolute Gasteiger partial charge is 0.369 e. The Hall–Kier alpha value is -1.43. The molecular weight excluding hydrogens is 318 g/mol. The molecule has 0 aliphatic carbocycles. The summed E-state index contributed by atoms with van der Waals surface area (Å²) in [5.41, 5.74) is 1.89. The van der Waals surface area contributed by atoms with Crippen LogP contribution in [0.5, 0.6) is 0 Å². The first-order valence-electron chi connectivity index (χ1n) is 6.97. The molecule has 20 heavy (non-hydrogen) atoms. The maximum Gasteiger partial charge on any atom is 0.180 e. The van der Waals surface area contributed by atoms with Gasteiger partial charge in [0.1, 0.15) is 11.5 Å². The molecule has 0 radical (unpaired) electrons. The van der Waals surface area contributed by atoms with Gasteiger partial charge in [0.15, 0.2) is 5.82 Å². The third-order valence-electron chi connectivity index (χ3n) is 2.94. The Morgan fingerprint density at radius 1 is 1.25 bits per heavy atom. The number of halogens is 1. The molecule has 0 amide bonds. The van der Waals surface area contributed by atoms with Gasteiger partial charge in [0, 0.05) is 19.3 Å². The molecule has 2 heterocycles. The van der Waals surface area contributed by atoms with Crippen LogP contribution < -0.4 is 5.32 Å². The summed E-state index contributed by atoms with van der Waals surface area (Å²) < 4.78 is 2.88. The van der Waals surface area contributed by atoms with Crippen LogP contribution in [-0.4, -0.2) is 26.3 Å². The fraction of sp³-hybridized carbons (Fsp3) is 0.500. The van der Waals surface area contributed by atoms with Crippen LogP contribution in [0.2, 0.25) is 0 Å². The molecule has 0 aromatic carbocycles. The number of hydrogen-bond acceptors (Lipinski definition) is 4. The smallest absolute Gasteiger partial charge is 0.180 e. The van der Waals surface area contributed by atoms with E-state index in [0.29, 0.717) is 0 Å². The minimum atomic E-state index is 0.718. The summed E-state index contributed by atoms with van der Waals surface area (Å²) >= 11 is 3.55. The molecule has 0 atom stereocenters. The Morgan fingerprint density at radius 3 is 2.75 bits per heavy atom. The number of nitrogens with zero attached hydrogens (tertiary/aromatic N) is 4. The van der Waals surface area contributed by atoms with E-state index in [-0.39, 0.29) is 0 Å². The highest BCUT2D eigenvalue weighted by molar-refractivity contribution is 9.10.